The maximum atomic E-state index is 12.0. The molecule has 0 spiro atoms. The van der Waals surface area contributed by atoms with Gasteiger partial charge in [-0.1, -0.05) is 13.8 Å². The molecule has 2 N–H and O–H groups in total. The molecule has 19 heavy (non-hydrogen) atoms. The van der Waals surface area contributed by atoms with Gasteiger partial charge in [0, 0.05) is 25.7 Å². The minimum absolute atomic E-state index is 0.0943. The molecule has 0 saturated carbocycles. The predicted molar refractivity (Wildman–Crippen MR) is 77.1 cm³/mol. The van der Waals surface area contributed by atoms with Gasteiger partial charge in [0.25, 0.3) is 0 Å². The number of nitrogens with zero attached hydrogens (tertiary/aromatic N) is 2. The minimum Gasteiger partial charge on any atom is -0.395 e. The van der Waals surface area contributed by atoms with E-state index in [0.717, 1.165) is 45.4 Å². The molecular weight excluding hydrogens is 242 g/mol. The third-order valence-electron chi connectivity index (χ3n) is 3.72. The third kappa shape index (κ3) is 6.36. The Balaban J connectivity index is 2.26. The molecule has 112 valence electrons. The fourth-order valence-electron chi connectivity index (χ4n) is 2.60. The standard InChI is InChI=1S/C14H29N3O2/c1-3-7-17(10-11-18)12-14(19)15-13-5-8-16(4-2)9-6-13/h13,18H,3-12H2,1-2H3,(H,15,19). The highest BCUT2D eigenvalue weighted by Gasteiger charge is 2.20. The van der Waals surface area contributed by atoms with Gasteiger partial charge >= 0.3 is 0 Å². The van der Waals surface area contributed by atoms with Gasteiger partial charge in [-0.25, -0.2) is 0 Å². The molecule has 0 aromatic carbocycles. The number of aliphatic hydroxyl groups is 1. The maximum absolute atomic E-state index is 12.0. The lowest BCUT2D eigenvalue weighted by atomic mass is 10.1. The molecule has 1 aliphatic rings. The van der Waals surface area contributed by atoms with Crippen LogP contribution in [0.5, 0.6) is 0 Å². The maximum Gasteiger partial charge on any atom is 0.234 e. The van der Waals surface area contributed by atoms with E-state index >= 15 is 0 Å². The van der Waals surface area contributed by atoms with Gasteiger partial charge in [0.2, 0.25) is 5.91 Å². The first-order valence-corrected chi connectivity index (χ1v) is 7.54. The predicted octanol–water partition coefficient (Wildman–Crippen LogP) is 0.291. The molecule has 1 amide bonds. The first-order valence-electron chi connectivity index (χ1n) is 7.54. The summed E-state index contributed by atoms with van der Waals surface area (Å²) in [7, 11) is 0. The molecule has 1 aliphatic heterocycles. The Morgan fingerprint density at radius 2 is 2.00 bits per heavy atom. The van der Waals surface area contributed by atoms with Gasteiger partial charge in [-0.05, 0) is 32.4 Å². The third-order valence-corrected chi connectivity index (χ3v) is 3.72. The van der Waals surface area contributed by atoms with Gasteiger partial charge in [-0.2, -0.15) is 0 Å². The monoisotopic (exact) mass is 271 g/mol. The van der Waals surface area contributed by atoms with Crippen LogP contribution in [-0.2, 0) is 4.79 Å². The van der Waals surface area contributed by atoms with Crippen molar-refractivity contribution >= 4 is 5.91 Å². The lowest BCUT2D eigenvalue weighted by molar-refractivity contribution is -0.123. The van der Waals surface area contributed by atoms with Crippen molar-refractivity contribution in [2.45, 2.75) is 39.2 Å². The van der Waals surface area contributed by atoms with Crippen LogP contribution in [-0.4, -0.2) is 72.7 Å². The molecule has 1 rings (SSSR count). The summed E-state index contributed by atoms with van der Waals surface area (Å²) in [6.07, 6.45) is 3.10. The van der Waals surface area contributed by atoms with Crippen molar-refractivity contribution in [2.24, 2.45) is 0 Å². The van der Waals surface area contributed by atoms with Crippen LogP contribution in [0.4, 0.5) is 0 Å². The Labute approximate surface area is 117 Å². The van der Waals surface area contributed by atoms with E-state index in [-0.39, 0.29) is 12.5 Å². The number of piperidine rings is 1. The van der Waals surface area contributed by atoms with Crippen LogP contribution in [0.1, 0.15) is 33.1 Å². The number of amides is 1. The first kappa shape index (κ1) is 16.4. The van der Waals surface area contributed by atoms with Crippen molar-refractivity contribution in [1.82, 2.24) is 15.1 Å². The number of hydrogen-bond acceptors (Lipinski definition) is 4. The molecule has 0 aromatic heterocycles. The number of nitrogens with one attached hydrogen (secondary N) is 1. The highest BCUT2D eigenvalue weighted by atomic mass is 16.3. The Morgan fingerprint density at radius 3 is 2.53 bits per heavy atom. The summed E-state index contributed by atoms with van der Waals surface area (Å²) < 4.78 is 0. The fourth-order valence-corrected chi connectivity index (χ4v) is 2.60. The Morgan fingerprint density at radius 1 is 1.32 bits per heavy atom. The van der Waals surface area contributed by atoms with E-state index in [0.29, 0.717) is 19.1 Å². The largest absolute Gasteiger partial charge is 0.395 e. The quantitative estimate of drug-likeness (QED) is 0.666. The second kappa shape index (κ2) is 9.28. The number of carbonyl (C=O) groups excluding carboxylic acids is 1. The second-order valence-electron chi connectivity index (χ2n) is 5.28. The molecule has 0 aromatic rings. The van der Waals surface area contributed by atoms with Crippen molar-refractivity contribution in [3.63, 3.8) is 0 Å². The van der Waals surface area contributed by atoms with Crippen molar-refractivity contribution in [1.29, 1.82) is 0 Å². The van der Waals surface area contributed by atoms with Crippen LogP contribution in [0.25, 0.3) is 0 Å². The van der Waals surface area contributed by atoms with Crippen LogP contribution in [0, 0.1) is 0 Å². The molecule has 5 nitrogen and oxygen atoms in total. The molecule has 0 bridgehead atoms. The van der Waals surface area contributed by atoms with Gasteiger partial charge in [-0.15, -0.1) is 0 Å². The summed E-state index contributed by atoms with van der Waals surface area (Å²) in [4.78, 5) is 16.4. The highest BCUT2D eigenvalue weighted by molar-refractivity contribution is 5.78. The molecule has 0 aliphatic carbocycles. The average Bonchev–Trinajstić information content (AvgIpc) is 2.40. The van der Waals surface area contributed by atoms with E-state index < -0.39 is 0 Å². The van der Waals surface area contributed by atoms with Crippen LogP contribution in [0.3, 0.4) is 0 Å². The zero-order chi connectivity index (χ0) is 14.1. The zero-order valence-corrected chi connectivity index (χ0v) is 12.4. The Hall–Kier alpha value is -0.650. The van der Waals surface area contributed by atoms with Crippen LogP contribution < -0.4 is 5.32 Å². The summed E-state index contributed by atoms with van der Waals surface area (Å²) in [5.41, 5.74) is 0. The van der Waals surface area contributed by atoms with Gasteiger partial charge in [0.15, 0.2) is 0 Å². The summed E-state index contributed by atoms with van der Waals surface area (Å²) >= 11 is 0. The van der Waals surface area contributed by atoms with E-state index in [1.54, 1.807) is 0 Å². The number of aliphatic hydroxyl groups excluding tert-OH is 1. The van der Waals surface area contributed by atoms with Crippen LogP contribution >= 0.6 is 0 Å². The number of carbonyl (C=O) groups is 1. The second-order valence-corrected chi connectivity index (χ2v) is 5.28. The lowest BCUT2D eigenvalue weighted by Gasteiger charge is -2.32. The van der Waals surface area contributed by atoms with Crippen molar-refractivity contribution < 1.29 is 9.90 Å². The first-order chi connectivity index (χ1) is 9.19. The summed E-state index contributed by atoms with van der Waals surface area (Å²) in [5, 5.41) is 12.1. The molecule has 0 unspecified atom stereocenters. The Bertz CT molecular complexity index is 247. The van der Waals surface area contributed by atoms with Gasteiger partial charge in [-0.3, -0.25) is 9.69 Å². The van der Waals surface area contributed by atoms with Crippen molar-refractivity contribution in [3.8, 4) is 0 Å². The minimum atomic E-state index is 0.0943. The molecule has 5 heteroatoms. The molecule has 1 fully saturated rings. The summed E-state index contributed by atoms with van der Waals surface area (Å²) in [6.45, 7) is 9.48. The summed E-state index contributed by atoms with van der Waals surface area (Å²) in [5.74, 6) is 0.0943. The molecule has 0 atom stereocenters. The van der Waals surface area contributed by atoms with Crippen LogP contribution in [0.15, 0.2) is 0 Å². The molecule has 1 saturated heterocycles. The van der Waals surface area contributed by atoms with Crippen molar-refractivity contribution in [2.75, 3.05) is 45.9 Å². The normalized spacial score (nSPS) is 17.9. The number of hydrogen-bond donors (Lipinski definition) is 2. The molecule has 0 radical (unpaired) electrons. The number of rotatable bonds is 8. The van der Waals surface area contributed by atoms with E-state index in [1.165, 1.54) is 0 Å². The highest BCUT2D eigenvalue weighted by Crippen LogP contribution is 2.09. The van der Waals surface area contributed by atoms with Crippen molar-refractivity contribution in [3.05, 3.63) is 0 Å². The van der Waals surface area contributed by atoms with Crippen LogP contribution in [0.2, 0.25) is 0 Å². The molecule has 1 heterocycles. The van der Waals surface area contributed by atoms with Gasteiger partial charge in [0.05, 0.1) is 13.2 Å². The SMILES string of the molecule is CCCN(CCO)CC(=O)NC1CCN(CC)CC1. The van der Waals surface area contributed by atoms with Gasteiger partial charge in [0.1, 0.15) is 0 Å². The average molecular weight is 271 g/mol. The van der Waals surface area contributed by atoms with E-state index in [9.17, 15) is 4.79 Å². The fraction of sp³-hybridized carbons (Fsp3) is 0.929. The summed E-state index contributed by atoms with van der Waals surface area (Å²) in [6, 6.07) is 0.327. The zero-order valence-electron chi connectivity index (χ0n) is 12.4. The molecular formula is C14H29N3O2. The smallest absolute Gasteiger partial charge is 0.234 e. The lowest BCUT2D eigenvalue weighted by Crippen LogP contribution is -2.47. The Kier molecular flexibility index (Phi) is 8.02. The van der Waals surface area contributed by atoms with E-state index in [4.69, 9.17) is 5.11 Å². The van der Waals surface area contributed by atoms with E-state index in [1.807, 2.05) is 4.90 Å². The van der Waals surface area contributed by atoms with E-state index in [2.05, 4.69) is 24.1 Å². The van der Waals surface area contributed by atoms with Gasteiger partial charge < -0.3 is 15.3 Å². The topological polar surface area (TPSA) is 55.8 Å². The number of likely N-dealkylation sites (tertiary alicyclic amines) is 1.